The van der Waals surface area contributed by atoms with Gasteiger partial charge in [-0.2, -0.15) is 0 Å². The van der Waals surface area contributed by atoms with Crippen LogP contribution in [0.2, 0.25) is 5.02 Å². The molecule has 2 aliphatic rings. The highest BCUT2D eigenvalue weighted by atomic mass is 35.5. The molecule has 0 N–H and O–H groups in total. The molecule has 1 unspecified atom stereocenters. The fourth-order valence-electron chi connectivity index (χ4n) is 4.08. The maximum Gasteiger partial charge on any atom is 0.282 e. The highest BCUT2D eigenvalue weighted by molar-refractivity contribution is 7.23. The molecule has 0 spiro atoms. The first-order chi connectivity index (χ1) is 14.5. The first-order valence-corrected chi connectivity index (χ1v) is 11.7. The first-order valence-electron chi connectivity index (χ1n) is 9.62. The first kappa shape index (κ1) is 19.9. The van der Waals surface area contributed by atoms with Gasteiger partial charge in [-0.25, -0.2) is 9.37 Å². The van der Waals surface area contributed by atoms with Crippen LogP contribution in [0.25, 0.3) is 10.1 Å². The van der Waals surface area contributed by atoms with E-state index >= 15 is 0 Å². The van der Waals surface area contributed by atoms with Crippen molar-refractivity contribution in [3.05, 3.63) is 45.6 Å². The fourth-order valence-corrected chi connectivity index (χ4v) is 6.27. The number of anilines is 1. The summed E-state index contributed by atoms with van der Waals surface area (Å²) >= 11 is 9.22. The molecule has 3 aromatic rings. The SMILES string of the molecule is O=C(c1nccs1)N1CCN(C2CC(=O)N(c3sc4cc(F)ccc4c3Cl)C2)CC1. The molecule has 2 aromatic heterocycles. The molecule has 2 aliphatic heterocycles. The van der Waals surface area contributed by atoms with Gasteiger partial charge >= 0.3 is 0 Å². The fraction of sp³-hybridized carbons (Fsp3) is 0.350. The van der Waals surface area contributed by atoms with Crippen LogP contribution in [0.5, 0.6) is 0 Å². The highest BCUT2D eigenvalue weighted by Gasteiger charge is 2.38. The topological polar surface area (TPSA) is 56.8 Å². The number of amides is 2. The molecule has 30 heavy (non-hydrogen) atoms. The molecular formula is C20H18ClFN4O2S2. The normalized spacial score (nSPS) is 20.5. The molecule has 2 saturated heterocycles. The summed E-state index contributed by atoms with van der Waals surface area (Å²) in [5.41, 5.74) is 0. The highest BCUT2D eigenvalue weighted by Crippen LogP contribution is 2.43. The van der Waals surface area contributed by atoms with Crippen LogP contribution in [0.4, 0.5) is 9.39 Å². The number of rotatable bonds is 3. The summed E-state index contributed by atoms with van der Waals surface area (Å²) in [5, 5.41) is 4.27. The number of carbonyl (C=O) groups excluding carboxylic acids is 2. The molecule has 5 rings (SSSR count). The minimum absolute atomic E-state index is 0.0234. The van der Waals surface area contributed by atoms with Crippen molar-refractivity contribution >= 4 is 61.2 Å². The summed E-state index contributed by atoms with van der Waals surface area (Å²) in [4.78, 5) is 35.1. The Morgan fingerprint density at radius 1 is 1.23 bits per heavy atom. The second-order valence-corrected chi connectivity index (χ2v) is 9.69. The summed E-state index contributed by atoms with van der Waals surface area (Å²) in [6.07, 6.45) is 2.06. The van der Waals surface area contributed by atoms with E-state index in [9.17, 15) is 14.0 Å². The van der Waals surface area contributed by atoms with Crippen molar-refractivity contribution in [3.63, 3.8) is 0 Å². The van der Waals surface area contributed by atoms with Crippen LogP contribution in [-0.2, 0) is 4.79 Å². The molecule has 0 radical (unpaired) electrons. The van der Waals surface area contributed by atoms with Crippen LogP contribution < -0.4 is 4.90 Å². The van der Waals surface area contributed by atoms with Crippen molar-refractivity contribution in [2.75, 3.05) is 37.6 Å². The lowest BCUT2D eigenvalue weighted by molar-refractivity contribution is -0.117. The summed E-state index contributed by atoms with van der Waals surface area (Å²) in [6, 6.07) is 4.56. The largest absolute Gasteiger partial charge is 0.334 e. The summed E-state index contributed by atoms with van der Waals surface area (Å²) in [5.74, 6) is -0.323. The Morgan fingerprint density at radius 3 is 2.77 bits per heavy atom. The molecule has 2 amide bonds. The van der Waals surface area contributed by atoms with E-state index in [1.165, 1.54) is 34.8 Å². The lowest BCUT2D eigenvalue weighted by atomic mass is 10.2. The van der Waals surface area contributed by atoms with E-state index in [1.54, 1.807) is 22.5 Å². The van der Waals surface area contributed by atoms with E-state index in [2.05, 4.69) is 9.88 Å². The van der Waals surface area contributed by atoms with Crippen molar-refractivity contribution in [1.82, 2.24) is 14.8 Å². The molecule has 10 heteroatoms. The number of thiophene rings is 1. The molecule has 1 aromatic carbocycles. The van der Waals surface area contributed by atoms with E-state index in [-0.39, 0.29) is 23.7 Å². The Kier molecular flexibility index (Phi) is 5.22. The predicted molar refractivity (Wildman–Crippen MR) is 117 cm³/mol. The van der Waals surface area contributed by atoms with Gasteiger partial charge < -0.3 is 9.80 Å². The van der Waals surface area contributed by atoms with Crippen LogP contribution in [0.3, 0.4) is 0 Å². The van der Waals surface area contributed by atoms with Crippen molar-refractivity contribution in [3.8, 4) is 0 Å². The smallest absolute Gasteiger partial charge is 0.282 e. The number of carbonyl (C=O) groups is 2. The maximum atomic E-state index is 13.6. The number of hydrogen-bond donors (Lipinski definition) is 0. The van der Waals surface area contributed by atoms with Gasteiger partial charge in [-0.15, -0.1) is 22.7 Å². The Balaban J connectivity index is 1.27. The second kappa shape index (κ2) is 7.88. The Labute approximate surface area is 185 Å². The summed E-state index contributed by atoms with van der Waals surface area (Å²) in [7, 11) is 0. The van der Waals surface area contributed by atoms with Crippen molar-refractivity contribution in [1.29, 1.82) is 0 Å². The minimum Gasteiger partial charge on any atom is -0.334 e. The zero-order valence-corrected chi connectivity index (χ0v) is 18.3. The van der Waals surface area contributed by atoms with E-state index in [1.807, 2.05) is 4.90 Å². The second-order valence-electron chi connectivity index (χ2n) is 7.39. The van der Waals surface area contributed by atoms with Crippen LogP contribution in [0, 0.1) is 5.82 Å². The third-order valence-electron chi connectivity index (χ3n) is 5.66. The number of benzene rings is 1. The number of hydrogen-bond acceptors (Lipinski definition) is 6. The number of fused-ring (bicyclic) bond motifs is 1. The number of thiazole rings is 1. The lowest BCUT2D eigenvalue weighted by Crippen LogP contribution is -2.52. The van der Waals surface area contributed by atoms with Gasteiger partial charge in [0, 0.05) is 66.8 Å². The van der Waals surface area contributed by atoms with E-state index in [4.69, 9.17) is 11.6 Å². The minimum atomic E-state index is -0.317. The quantitative estimate of drug-likeness (QED) is 0.593. The maximum absolute atomic E-state index is 13.6. The predicted octanol–water partition coefficient (Wildman–Crippen LogP) is 3.71. The van der Waals surface area contributed by atoms with Gasteiger partial charge in [0.15, 0.2) is 5.01 Å². The summed E-state index contributed by atoms with van der Waals surface area (Å²) in [6.45, 7) is 3.22. The van der Waals surface area contributed by atoms with Gasteiger partial charge in [0.25, 0.3) is 5.91 Å². The van der Waals surface area contributed by atoms with Gasteiger partial charge in [-0.05, 0) is 18.2 Å². The Morgan fingerprint density at radius 2 is 2.03 bits per heavy atom. The molecular weight excluding hydrogens is 447 g/mol. The van der Waals surface area contributed by atoms with Crippen LogP contribution >= 0.6 is 34.3 Å². The lowest BCUT2D eigenvalue weighted by Gasteiger charge is -2.37. The van der Waals surface area contributed by atoms with E-state index in [0.717, 1.165) is 10.1 Å². The van der Waals surface area contributed by atoms with Crippen LogP contribution in [-0.4, -0.2) is 65.4 Å². The average molecular weight is 465 g/mol. The number of halogens is 2. The van der Waals surface area contributed by atoms with Crippen molar-refractivity contribution < 1.29 is 14.0 Å². The molecule has 4 heterocycles. The third kappa shape index (κ3) is 3.49. The number of nitrogens with zero attached hydrogens (tertiary/aromatic N) is 4. The number of piperazine rings is 1. The Hall–Kier alpha value is -2.07. The van der Waals surface area contributed by atoms with Crippen LogP contribution in [0.15, 0.2) is 29.8 Å². The van der Waals surface area contributed by atoms with E-state index in [0.29, 0.717) is 54.2 Å². The molecule has 2 fully saturated rings. The zero-order valence-electron chi connectivity index (χ0n) is 15.9. The number of aromatic nitrogens is 1. The molecule has 156 valence electrons. The molecule has 0 aliphatic carbocycles. The molecule has 0 saturated carbocycles. The summed E-state index contributed by atoms with van der Waals surface area (Å²) < 4.78 is 14.3. The molecule has 6 nitrogen and oxygen atoms in total. The molecule has 0 bridgehead atoms. The van der Waals surface area contributed by atoms with Gasteiger partial charge in [-0.3, -0.25) is 14.5 Å². The van der Waals surface area contributed by atoms with E-state index < -0.39 is 0 Å². The van der Waals surface area contributed by atoms with Gasteiger partial charge in [0.05, 0.1) is 5.02 Å². The molecule has 1 atom stereocenters. The third-order valence-corrected chi connectivity index (χ3v) is 8.09. The standard InChI is InChI=1S/C20H18ClFN4O2S2/c21-17-14-2-1-12(22)9-15(14)30-20(17)26-11-13(10-16(26)27)24-4-6-25(7-5-24)19(28)18-23-3-8-29-18/h1-3,8-9,13H,4-7,10-11H2. The van der Waals surface area contributed by atoms with Crippen molar-refractivity contribution in [2.24, 2.45) is 0 Å². The monoisotopic (exact) mass is 464 g/mol. The van der Waals surface area contributed by atoms with Gasteiger partial charge in [0.1, 0.15) is 10.8 Å². The van der Waals surface area contributed by atoms with Gasteiger partial charge in [-0.1, -0.05) is 11.6 Å². The Bertz CT molecular complexity index is 1110. The van der Waals surface area contributed by atoms with Gasteiger partial charge in [0.2, 0.25) is 5.91 Å². The average Bonchev–Trinajstić information content (AvgIpc) is 3.47. The van der Waals surface area contributed by atoms with Crippen molar-refractivity contribution in [2.45, 2.75) is 12.5 Å². The zero-order chi connectivity index (χ0) is 20.8. The van der Waals surface area contributed by atoms with Crippen LogP contribution in [0.1, 0.15) is 16.2 Å².